The van der Waals surface area contributed by atoms with Gasteiger partial charge in [-0.05, 0) is 56.9 Å². The zero-order chi connectivity index (χ0) is 21.8. The number of carbonyl (C=O) groups is 1. The van der Waals surface area contributed by atoms with Gasteiger partial charge in [0.2, 0.25) is 5.91 Å². The number of thioether (sulfide) groups is 1. The topological polar surface area (TPSA) is 60.2 Å². The molecule has 2 fully saturated rings. The summed E-state index contributed by atoms with van der Waals surface area (Å²) in [5, 5.41) is 9.24. The van der Waals surface area contributed by atoms with E-state index in [4.69, 9.17) is 4.74 Å². The summed E-state index contributed by atoms with van der Waals surface area (Å²) in [6.45, 7) is 3.33. The molecule has 168 valence electrons. The molecule has 1 aliphatic carbocycles. The molecule has 31 heavy (non-hydrogen) atoms. The SMILES string of the molecule is CC(Sc1nnc(-c2ccc(F)cc2)n1CC1CCCO1)C(=O)N(C)C1CCCCC1. The van der Waals surface area contributed by atoms with Gasteiger partial charge in [-0.3, -0.25) is 9.36 Å². The van der Waals surface area contributed by atoms with Gasteiger partial charge in [0, 0.05) is 25.3 Å². The number of ether oxygens (including phenoxy) is 1. The van der Waals surface area contributed by atoms with Crippen LogP contribution < -0.4 is 0 Å². The molecule has 0 spiro atoms. The zero-order valence-corrected chi connectivity index (χ0v) is 19.1. The van der Waals surface area contributed by atoms with Crippen molar-refractivity contribution in [2.75, 3.05) is 13.7 Å². The third-order valence-corrected chi connectivity index (χ3v) is 7.40. The summed E-state index contributed by atoms with van der Waals surface area (Å²) >= 11 is 1.44. The van der Waals surface area contributed by atoms with Gasteiger partial charge in [-0.15, -0.1) is 10.2 Å². The van der Waals surface area contributed by atoms with Crippen LogP contribution in [0.4, 0.5) is 4.39 Å². The van der Waals surface area contributed by atoms with Gasteiger partial charge in [0.25, 0.3) is 0 Å². The zero-order valence-electron chi connectivity index (χ0n) is 18.3. The van der Waals surface area contributed by atoms with Crippen molar-refractivity contribution < 1.29 is 13.9 Å². The van der Waals surface area contributed by atoms with E-state index in [9.17, 15) is 9.18 Å². The molecule has 8 heteroatoms. The lowest BCUT2D eigenvalue weighted by molar-refractivity contribution is -0.131. The summed E-state index contributed by atoms with van der Waals surface area (Å²) in [5.74, 6) is 0.527. The molecule has 0 N–H and O–H groups in total. The maximum absolute atomic E-state index is 13.4. The number of carbonyl (C=O) groups excluding carboxylic acids is 1. The van der Waals surface area contributed by atoms with E-state index in [0.717, 1.165) is 37.9 Å². The molecule has 1 saturated heterocycles. The molecule has 1 saturated carbocycles. The fraction of sp³-hybridized carbons (Fsp3) is 0.609. The van der Waals surface area contributed by atoms with E-state index in [2.05, 4.69) is 10.2 Å². The third kappa shape index (κ3) is 5.29. The monoisotopic (exact) mass is 446 g/mol. The molecule has 0 radical (unpaired) electrons. The smallest absolute Gasteiger partial charge is 0.235 e. The van der Waals surface area contributed by atoms with Gasteiger partial charge in [-0.1, -0.05) is 31.0 Å². The molecule has 2 unspecified atom stereocenters. The van der Waals surface area contributed by atoms with Crippen molar-refractivity contribution in [2.24, 2.45) is 0 Å². The summed E-state index contributed by atoms with van der Waals surface area (Å²) in [7, 11) is 1.93. The van der Waals surface area contributed by atoms with E-state index in [1.54, 1.807) is 12.1 Å². The van der Waals surface area contributed by atoms with Crippen LogP contribution in [-0.4, -0.2) is 56.6 Å². The van der Waals surface area contributed by atoms with E-state index < -0.39 is 0 Å². The van der Waals surface area contributed by atoms with Gasteiger partial charge < -0.3 is 9.64 Å². The number of aromatic nitrogens is 3. The van der Waals surface area contributed by atoms with Crippen molar-refractivity contribution in [1.82, 2.24) is 19.7 Å². The molecule has 2 aliphatic rings. The van der Waals surface area contributed by atoms with Crippen LogP contribution in [0.25, 0.3) is 11.4 Å². The third-order valence-electron chi connectivity index (χ3n) is 6.33. The van der Waals surface area contributed by atoms with Crippen LogP contribution in [0.5, 0.6) is 0 Å². The highest BCUT2D eigenvalue weighted by Crippen LogP contribution is 2.30. The lowest BCUT2D eigenvalue weighted by atomic mass is 9.94. The largest absolute Gasteiger partial charge is 0.376 e. The summed E-state index contributed by atoms with van der Waals surface area (Å²) in [6.07, 6.45) is 7.97. The highest BCUT2D eigenvalue weighted by atomic mass is 32.2. The van der Waals surface area contributed by atoms with Crippen LogP contribution in [0.1, 0.15) is 51.9 Å². The number of rotatable bonds is 7. The van der Waals surface area contributed by atoms with Gasteiger partial charge in [0.05, 0.1) is 17.9 Å². The first kappa shape index (κ1) is 22.3. The minimum absolute atomic E-state index is 0.102. The second kappa shape index (κ2) is 10.1. The maximum Gasteiger partial charge on any atom is 0.235 e. The van der Waals surface area contributed by atoms with E-state index in [-0.39, 0.29) is 23.1 Å². The molecule has 2 heterocycles. The van der Waals surface area contributed by atoms with Gasteiger partial charge in [-0.25, -0.2) is 4.39 Å². The van der Waals surface area contributed by atoms with E-state index in [1.165, 1.54) is 43.2 Å². The maximum atomic E-state index is 13.4. The van der Waals surface area contributed by atoms with E-state index in [0.29, 0.717) is 23.6 Å². The number of hydrogen-bond donors (Lipinski definition) is 0. The van der Waals surface area contributed by atoms with Crippen LogP contribution in [0.3, 0.4) is 0 Å². The standard InChI is InChI=1S/C23H31FN4O2S/c1-16(22(29)27(2)19-7-4-3-5-8-19)31-23-26-25-21(17-10-12-18(24)13-11-17)28(23)15-20-9-6-14-30-20/h10-13,16,19-20H,3-9,14-15H2,1-2H3. The summed E-state index contributed by atoms with van der Waals surface area (Å²) < 4.78 is 21.3. The Labute approximate surface area is 187 Å². The van der Waals surface area contributed by atoms with Gasteiger partial charge in [0.15, 0.2) is 11.0 Å². The Bertz CT molecular complexity index is 876. The lowest BCUT2D eigenvalue weighted by Gasteiger charge is -2.32. The molecule has 0 bridgehead atoms. The number of hydrogen-bond acceptors (Lipinski definition) is 5. The van der Waals surface area contributed by atoms with Gasteiger partial charge >= 0.3 is 0 Å². The first-order valence-corrected chi connectivity index (χ1v) is 12.1. The van der Waals surface area contributed by atoms with Crippen LogP contribution in [0.15, 0.2) is 29.4 Å². The Morgan fingerprint density at radius 1 is 1.19 bits per heavy atom. The quantitative estimate of drug-likeness (QED) is 0.585. The average molecular weight is 447 g/mol. The van der Waals surface area contributed by atoms with Crippen LogP contribution in [0, 0.1) is 5.82 Å². The molecular formula is C23H31FN4O2S. The van der Waals surface area contributed by atoms with Crippen molar-refractivity contribution >= 4 is 17.7 Å². The van der Waals surface area contributed by atoms with E-state index >= 15 is 0 Å². The fourth-order valence-electron chi connectivity index (χ4n) is 4.49. The first-order valence-electron chi connectivity index (χ1n) is 11.3. The van der Waals surface area contributed by atoms with Gasteiger partial charge in [0.1, 0.15) is 5.82 Å². The lowest BCUT2D eigenvalue weighted by Crippen LogP contribution is -2.42. The Hall–Kier alpha value is -1.93. The predicted octanol–water partition coefficient (Wildman–Crippen LogP) is 4.53. The number of amides is 1. The highest BCUT2D eigenvalue weighted by molar-refractivity contribution is 8.00. The Morgan fingerprint density at radius 2 is 1.94 bits per heavy atom. The minimum atomic E-state index is -0.284. The van der Waals surface area contributed by atoms with Crippen LogP contribution in [0.2, 0.25) is 0 Å². The van der Waals surface area contributed by atoms with Crippen LogP contribution >= 0.6 is 11.8 Å². The second-order valence-corrected chi connectivity index (χ2v) is 9.87. The summed E-state index contributed by atoms with van der Waals surface area (Å²) in [5.41, 5.74) is 0.803. The van der Waals surface area contributed by atoms with E-state index in [1.807, 2.05) is 23.4 Å². The van der Waals surface area contributed by atoms with Gasteiger partial charge in [-0.2, -0.15) is 0 Å². The molecular weight excluding hydrogens is 415 g/mol. The molecule has 1 amide bonds. The average Bonchev–Trinajstić information content (AvgIpc) is 3.45. The summed E-state index contributed by atoms with van der Waals surface area (Å²) in [4.78, 5) is 15.0. The fourth-order valence-corrected chi connectivity index (χ4v) is 5.45. The molecule has 2 atom stereocenters. The molecule has 6 nitrogen and oxygen atoms in total. The number of halogens is 1. The number of benzene rings is 1. The highest BCUT2D eigenvalue weighted by Gasteiger charge is 2.29. The Kier molecular flexibility index (Phi) is 7.27. The Morgan fingerprint density at radius 3 is 2.61 bits per heavy atom. The predicted molar refractivity (Wildman–Crippen MR) is 119 cm³/mol. The minimum Gasteiger partial charge on any atom is -0.376 e. The molecule has 1 aliphatic heterocycles. The molecule has 2 aromatic rings. The van der Waals surface area contributed by atoms with Crippen molar-refractivity contribution in [2.45, 2.75) is 81.0 Å². The molecule has 1 aromatic heterocycles. The molecule has 4 rings (SSSR count). The van der Waals surface area contributed by atoms with Crippen LogP contribution in [-0.2, 0) is 16.1 Å². The normalized spacial score (nSPS) is 20.7. The number of nitrogens with zero attached hydrogens (tertiary/aromatic N) is 4. The van der Waals surface area contributed by atoms with Crippen molar-refractivity contribution in [1.29, 1.82) is 0 Å². The van der Waals surface area contributed by atoms with Crippen molar-refractivity contribution in [3.63, 3.8) is 0 Å². The Balaban J connectivity index is 1.53. The van der Waals surface area contributed by atoms with Crippen molar-refractivity contribution in [3.8, 4) is 11.4 Å². The summed E-state index contributed by atoms with van der Waals surface area (Å²) in [6, 6.07) is 6.62. The molecule has 1 aromatic carbocycles. The first-order chi connectivity index (χ1) is 15.0. The second-order valence-electron chi connectivity index (χ2n) is 8.56. The van der Waals surface area contributed by atoms with Crippen molar-refractivity contribution in [3.05, 3.63) is 30.1 Å².